The second-order valence-corrected chi connectivity index (χ2v) is 3.97. The molecule has 0 aromatic heterocycles. The van der Waals surface area contributed by atoms with Crippen molar-refractivity contribution in [2.45, 2.75) is 13.0 Å². The molecule has 0 radical (unpaired) electrons. The number of hydrogen-bond acceptors (Lipinski definition) is 2. The van der Waals surface area contributed by atoms with Gasteiger partial charge in [-0.25, -0.2) is 0 Å². The van der Waals surface area contributed by atoms with E-state index in [0.717, 1.165) is 5.56 Å². The van der Waals surface area contributed by atoms with Gasteiger partial charge in [-0.1, -0.05) is 46.3 Å². The van der Waals surface area contributed by atoms with Gasteiger partial charge in [0.25, 0.3) is 0 Å². The first-order valence-corrected chi connectivity index (χ1v) is 6.38. The van der Waals surface area contributed by atoms with Crippen LogP contribution in [0.4, 0.5) is 0 Å². The van der Waals surface area contributed by atoms with Gasteiger partial charge in [-0.05, 0) is 12.5 Å². The molecule has 1 amide bonds. The molecule has 0 aliphatic heterocycles. The number of amides is 1. The Bertz CT molecular complexity index is 316. The van der Waals surface area contributed by atoms with Gasteiger partial charge in [0.15, 0.2) is 0 Å². The topological polar surface area (TPSA) is 38.3 Å². The van der Waals surface area contributed by atoms with Crippen LogP contribution in [0.3, 0.4) is 0 Å². The van der Waals surface area contributed by atoms with Crippen molar-refractivity contribution in [3.63, 3.8) is 0 Å². The van der Waals surface area contributed by atoms with E-state index in [2.05, 4.69) is 21.2 Å². The van der Waals surface area contributed by atoms with E-state index in [0.29, 0.717) is 11.9 Å². The molecule has 0 heterocycles. The maximum absolute atomic E-state index is 11.5. The fraction of sp³-hybridized carbons (Fsp3) is 0.417. The number of carbonyl (C=O) groups is 1. The van der Waals surface area contributed by atoms with Crippen molar-refractivity contribution in [1.82, 2.24) is 5.32 Å². The smallest absolute Gasteiger partial charge is 0.246 e. The number of rotatable bonds is 6. The average molecular weight is 286 g/mol. The highest BCUT2D eigenvalue weighted by molar-refractivity contribution is 9.09. The minimum absolute atomic E-state index is 0.00541. The Kier molecular flexibility index (Phi) is 6.11. The van der Waals surface area contributed by atoms with Crippen LogP contribution < -0.4 is 5.32 Å². The van der Waals surface area contributed by atoms with Crippen molar-refractivity contribution < 1.29 is 9.53 Å². The summed E-state index contributed by atoms with van der Waals surface area (Å²) in [6.45, 7) is 2.54. The zero-order valence-electron chi connectivity index (χ0n) is 9.28. The summed E-state index contributed by atoms with van der Waals surface area (Å²) in [6.07, 6.45) is 0. The molecular weight excluding hydrogens is 270 g/mol. The van der Waals surface area contributed by atoms with E-state index >= 15 is 0 Å². The lowest BCUT2D eigenvalue weighted by molar-refractivity contribution is -0.126. The van der Waals surface area contributed by atoms with Gasteiger partial charge in [0.1, 0.15) is 6.61 Å². The third kappa shape index (κ3) is 4.33. The first-order chi connectivity index (χ1) is 7.77. The normalized spacial score (nSPS) is 12.1. The van der Waals surface area contributed by atoms with Crippen molar-refractivity contribution in [1.29, 1.82) is 0 Å². The van der Waals surface area contributed by atoms with Crippen molar-refractivity contribution in [2.75, 3.05) is 18.5 Å². The van der Waals surface area contributed by atoms with Gasteiger partial charge < -0.3 is 10.1 Å². The van der Waals surface area contributed by atoms with Gasteiger partial charge >= 0.3 is 0 Å². The summed E-state index contributed by atoms with van der Waals surface area (Å²) in [6, 6.07) is 9.85. The minimum Gasteiger partial charge on any atom is -0.372 e. The fourth-order valence-electron chi connectivity index (χ4n) is 1.33. The Morgan fingerprint density at radius 3 is 2.69 bits per heavy atom. The van der Waals surface area contributed by atoms with Crippen LogP contribution in [0.2, 0.25) is 0 Å². The van der Waals surface area contributed by atoms with Gasteiger partial charge in [0, 0.05) is 11.9 Å². The van der Waals surface area contributed by atoms with Crippen LogP contribution in [-0.4, -0.2) is 24.5 Å². The molecule has 88 valence electrons. The lowest BCUT2D eigenvalue weighted by Gasteiger charge is -2.16. The van der Waals surface area contributed by atoms with Gasteiger partial charge in [-0.3, -0.25) is 4.79 Å². The lowest BCUT2D eigenvalue weighted by Crippen LogP contribution is -2.32. The molecule has 1 aromatic carbocycles. The molecule has 0 aliphatic rings. The number of nitrogens with one attached hydrogen (secondary N) is 1. The summed E-state index contributed by atoms with van der Waals surface area (Å²) in [4.78, 5) is 11.5. The van der Waals surface area contributed by atoms with E-state index in [-0.39, 0.29) is 18.6 Å². The third-order valence-electron chi connectivity index (χ3n) is 2.13. The monoisotopic (exact) mass is 285 g/mol. The van der Waals surface area contributed by atoms with Crippen LogP contribution in [-0.2, 0) is 9.53 Å². The standard InChI is InChI=1S/C12H16BrNO2/c1-2-16-9-12(15)14-11(8-13)10-6-4-3-5-7-10/h3-7,11H,2,8-9H2,1H3,(H,14,15). The van der Waals surface area contributed by atoms with E-state index in [1.807, 2.05) is 37.3 Å². The molecule has 0 saturated heterocycles. The predicted octanol–water partition coefficient (Wildman–Crippen LogP) is 2.28. The number of carbonyl (C=O) groups excluding carboxylic acids is 1. The molecule has 1 rings (SSSR count). The quantitative estimate of drug-likeness (QED) is 0.815. The Morgan fingerprint density at radius 1 is 1.44 bits per heavy atom. The van der Waals surface area contributed by atoms with Crippen molar-refractivity contribution >= 4 is 21.8 Å². The molecule has 16 heavy (non-hydrogen) atoms. The summed E-state index contributed by atoms with van der Waals surface area (Å²) < 4.78 is 5.05. The van der Waals surface area contributed by atoms with Crippen LogP contribution in [0.5, 0.6) is 0 Å². The molecule has 1 aromatic rings. The van der Waals surface area contributed by atoms with Crippen LogP contribution in [0.15, 0.2) is 30.3 Å². The molecule has 0 aliphatic carbocycles. The van der Waals surface area contributed by atoms with Crippen molar-refractivity contribution in [2.24, 2.45) is 0 Å². The summed E-state index contributed by atoms with van der Waals surface area (Å²) in [5.74, 6) is -0.0878. The SMILES string of the molecule is CCOCC(=O)NC(CBr)c1ccccc1. The highest BCUT2D eigenvalue weighted by atomic mass is 79.9. The summed E-state index contributed by atoms with van der Waals surface area (Å²) in [7, 11) is 0. The molecule has 1 unspecified atom stereocenters. The number of hydrogen-bond donors (Lipinski definition) is 1. The van der Waals surface area contributed by atoms with E-state index < -0.39 is 0 Å². The largest absolute Gasteiger partial charge is 0.372 e. The Labute approximate surface area is 104 Å². The number of alkyl halides is 1. The second-order valence-electron chi connectivity index (χ2n) is 3.32. The van der Waals surface area contributed by atoms with Gasteiger partial charge in [0.05, 0.1) is 6.04 Å². The Balaban J connectivity index is 2.52. The molecule has 1 N–H and O–H groups in total. The van der Waals surface area contributed by atoms with Crippen molar-refractivity contribution in [3.8, 4) is 0 Å². The van der Waals surface area contributed by atoms with Crippen LogP contribution in [0, 0.1) is 0 Å². The zero-order valence-corrected chi connectivity index (χ0v) is 10.9. The maximum atomic E-state index is 11.5. The minimum atomic E-state index is -0.0878. The highest BCUT2D eigenvalue weighted by Crippen LogP contribution is 2.14. The number of benzene rings is 1. The van der Waals surface area contributed by atoms with Crippen LogP contribution in [0.1, 0.15) is 18.5 Å². The molecule has 0 spiro atoms. The second kappa shape index (κ2) is 7.41. The molecule has 0 bridgehead atoms. The van der Waals surface area contributed by atoms with Crippen LogP contribution in [0.25, 0.3) is 0 Å². The van der Waals surface area contributed by atoms with Gasteiger partial charge in [0.2, 0.25) is 5.91 Å². The third-order valence-corrected chi connectivity index (χ3v) is 2.78. The van der Waals surface area contributed by atoms with Gasteiger partial charge in [-0.2, -0.15) is 0 Å². The Hall–Kier alpha value is -0.870. The van der Waals surface area contributed by atoms with Crippen LogP contribution >= 0.6 is 15.9 Å². The highest BCUT2D eigenvalue weighted by Gasteiger charge is 2.12. The van der Waals surface area contributed by atoms with E-state index in [1.165, 1.54) is 0 Å². The predicted molar refractivity (Wildman–Crippen MR) is 67.6 cm³/mol. The molecule has 1 atom stereocenters. The average Bonchev–Trinajstić information content (AvgIpc) is 2.34. The molecule has 3 nitrogen and oxygen atoms in total. The van der Waals surface area contributed by atoms with E-state index in [1.54, 1.807) is 0 Å². The fourth-order valence-corrected chi connectivity index (χ4v) is 1.86. The Morgan fingerprint density at radius 2 is 2.12 bits per heavy atom. The lowest BCUT2D eigenvalue weighted by atomic mass is 10.1. The summed E-state index contributed by atoms with van der Waals surface area (Å²) in [5, 5.41) is 3.60. The first kappa shape index (κ1) is 13.2. The molecule has 0 saturated carbocycles. The van der Waals surface area contributed by atoms with Crippen molar-refractivity contribution in [3.05, 3.63) is 35.9 Å². The van der Waals surface area contributed by atoms with Gasteiger partial charge in [-0.15, -0.1) is 0 Å². The zero-order chi connectivity index (χ0) is 11.8. The van der Waals surface area contributed by atoms with E-state index in [4.69, 9.17) is 4.74 Å². The number of halogens is 1. The maximum Gasteiger partial charge on any atom is 0.246 e. The first-order valence-electron chi connectivity index (χ1n) is 5.26. The molecule has 0 fully saturated rings. The molecule has 4 heteroatoms. The summed E-state index contributed by atoms with van der Waals surface area (Å²) in [5.41, 5.74) is 1.09. The number of ether oxygens (including phenoxy) is 1. The molecular formula is C12H16BrNO2. The summed E-state index contributed by atoms with van der Waals surface area (Å²) >= 11 is 3.39. The van der Waals surface area contributed by atoms with E-state index in [9.17, 15) is 4.79 Å².